The van der Waals surface area contributed by atoms with Crippen LogP contribution in [-0.2, 0) is 10.5 Å². The van der Waals surface area contributed by atoms with E-state index in [2.05, 4.69) is 48.7 Å². The first kappa shape index (κ1) is 26.8. The third-order valence-corrected chi connectivity index (χ3v) is 7.79. The number of carbonyl (C=O) groups is 1. The molecule has 200 valence electrons. The number of halogens is 1. The van der Waals surface area contributed by atoms with Gasteiger partial charge in [-0.1, -0.05) is 85.7 Å². The smallest absolute Gasteiger partial charge is 0.255 e. The van der Waals surface area contributed by atoms with Gasteiger partial charge in [-0.3, -0.25) is 4.79 Å². The number of anilines is 2. The summed E-state index contributed by atoms with van der Waals surface area (Å²) < 4.78 is 7.26. The van der Waals surface area contributed by atoms with Crippen LogP contribution in [0.15, 0.2) is 89.2 Å². The number of nitrogens with one attached hydrogen (secondary N) is 2. The van der Waals surface area contributed by atoms with Crippen molar-refractivity contribution in [2.24, 2.45) is 0 Å². The maximum atomic E-state index is 13.8. The van der Waals surface area contributed by atoms with Crippen LogP contribution in [0.5, 0.6) is 5.75 Å². The molecule has 2 heterocycles. The maximum absolute atomic E-state index is 13.8. The first-order chi connectivity index (χ1) is 18.8. The molecule has 2 N–H and O–H groups in total. The Morgan fingerprint density at radius 2 is 1.82 bits per heavy atom. The zero-order valence-corrected chi connectivity index (χ0v) is 23.8. The summed E-state index contributed by atoms with van der Waals surface area (Å²) in [5, 5.41) is 12.5. The van der Waals surface area contributed by atoms with Crippen molar-refractivity contribution in [3.63, 3.8) is 0 Å². The van der Waals surface area contributed by atoms with Gasteiger partial charge in [0.05, 0.1) is 18.4 Å². The van der Waals surface area contributed by atoms with Gasteiger partial charge in [-0.05, 0) is 53.8 Å². The van der Waals surface area contributed by atoms with Gasteiger partial charge in [-0.2, -0.15) is 4.98 Å². The molecule has 0 aliphatic carbocycles. The normalized spacial score (nSPS) is 14.7. The van der Waals surface area contributed by atoms with Crippen molar-refractivity contribution in [2.45, 2.75) is 43.6 Å². The SMILES string of the molecule is COc1ccccc1NC(=O)C1=C(C)Nc2nc(SCc3ccc(Cl)cc3)nn2[C@@H]1c1ccc(C(C)C)cc1. The van der Waals surface area contributed by atoms with Crippen molar-refractivity contribution in [1.29, 1.82) is 0 Å². The summed E-state index contributed by atoms with van der Waals surface area (Å²) in [4.78, 5) is 18.6. The van der Waals surface area contributed by atoms with E-state index in [1.165, 1.54) is 17.3 Å². The quantitative estimate of drug-likeness (QED) is 0.221. The van der Waals surface area contributed by atoms with Crippen LogP contribution in [0.1, 0.15) is 49.4 Å². The summed E-state index contributed by atoms with van der Waals surface area (Å²) >= 11 is 7.57. The second kappa shape index (κ2) is 11.6. The molecule has 1 atom stereocenters. The van der Waals surface area contributed by atoms with Crippen molar-refractivity contribution in [3.05, 3.63) is 106 Å². The fourth-order valence-corrected chi connectivity index (χ4v) is 5.44. The molecule has 1 aliphatic rings. The van der Waals surface area contributed by atoms with Crippen LogP contribution in [0.4, 0.5) is 11.6 Å². The lowest BCUT2D eigenvalue weighted by atomic mass is 9.92. The molecular weight excluding hydrogens is 530 g/mol. The van der Waals surface area contributed by atoms with Crippen molar-refractivity contribution < 1.29 is 9.53 Å². The number of thioether (sulfide) groups is 1. The fraction of sp³-hybridized carbons (Fsp3) is 0.233. The number of allylic oxidation sites excluding steroid dienone is 1. The van der Waals surface area contributed by atoms with Gasteiger partial charge in [-0.25, -0.2) is 4.68 Å². The Balaban J connectivity index is 1.50. The predicted octanol–water partition coefficient (Wildman–Crippen LogP) is 7.28. The minimum Gasteiger partial charge on any atom is -0.495 e. The summed E-state index contributed by atoms with van der Waals surface area (Å²) in [6.45, 7) is 6.22. The first-order valence-corrected chi connectivity index (χ1v) is 14.1. The topological polar surface area (TPSA) is 81.1 Å². The maximum Gasteiger partial charge on any atom is 0.255 e. The van der Waals surface area contributed by atoms with Gasteiger partial charge in [0.2, 0.25) is 11.1 Å². The monoisotopic (exact) mass is 559 g/mol. The van der Waals surface area contributed by atoms with Crippen LogP contribution >= 0.6 is 23.4 Å². The number of hydrogen-bond acceptors (Lipinski definition) is 6. The van der Waals surface area contributed by atoms with E-state index in [4.69, 9.17) is 26.4 Å². The molecule has 7 nitrogen and oxygen atoms in total. The van der Waals surface area contributed by atoms with Gasteiger partial charge >= 0.3 is 0 Å². The number of para-hydroxylation sites is 2. The van der Waals surface area contributed by atoms with Crippen LogP contribution in [0.25, 0.3) is 0 Å². The highest BCUT2D eigenvalue weighted by Crippen LogP contribution is 2.38. The molecule has 0 unspecified atom stereocenters. The lowest BCUT2D eigenvalue weighted by molar-refractivity contribution is -0.113. The number of carbonyl (C=O) groups excluding carboxylic acids is 1. The Bertz CT molecular complexity index is 1510. The number of fused-ring (bicyclic) bond motifs is 1. The average Bonchev–Trinajstić information content (AvgIpc) is 3.34. The van der Waals surface area contributed by atoms with Crippen LogP contribution in [-0.4, -0.2) is 27.8 Å². The highest BCUT2D eigenvalue weighted by Gasteiger charge is 2.34. The van der Waals surface area contributed by atoms with E-state index in [0.29, 0.717) is 44.8 Å². The molecule has 3 aromatic carbocycles. The van der Waals surface area contributed by atoms with Crippen LogP contribution in [0.2, 0.25) is 5.02 Å². The Morgan fingerprint density at radius 1 is 1.10 bits per heavy atom. The third-order valence-electron chi connectivity index (χ3n) is 6.63. The Morgan fingerprint density at radius 3 is 2.51 bits per heavy atom. The molecule has 0 spiro atoms. The number of hydrogen-bond donors (Lipinski definition) is 2. The van der Waals surface area contributed by atoms with Gasteiger partial charge in [-0.15, -0.1) is 5.10 Å². The number of ether oxygens (including phenoxy) is 1. The van der Waals surface area contributed by atoms with Crippen LogP contribution < -0.4 is 15.4 Å². The minimum absolute atomic E-state index is 0.237. The van der Waals surface area contributed by atoms with Crippen molar-refractivity contribution >= 4 is 40.9 Å². The lowest BCUT2D eigenvalue weighted by Gasteiger charge is -2.29. The molecule has 4 aromatic rings. The fourth-order valence-electron chi connectivity index (χ4n) is 4.52. The molecule has 0 saturated carbocycles. The molecule has 0 fully saturated rings. The van der Waals surface area contributed by atoms with Crippen LogP contribution in [0.3, 0.4) is 0 Å². The zero-order chi connectivity index (χ0) is 27.5. The van der Waals surface area contributed by atoms with E-state index >= 15 is 0 Å². The zero-order valence-electron chi connectivity index (χ0n) is 22.2. The number of rotatable bonds is 8. The van der Waals surface area contributed by atoms with E-state index in [-0.39, 0.29) is 5.91 Å². The van der Waals surface area contributed by atoms with E-state index in [1.807, 2.05) is 55.5 Å². The number of benzene rings is 3. The molecule has 1 amide bonds. The van der Waals surface area contributed by atoms with Gasteiger partial charge in [0.25, 0.3) is 5.91 Å². The molecule has 9 heteroatoms. The van der Waals surface area contributed by atoms with Crippen LogP contribution in [0, 0.1) is 0 Å². The van der Waals surface area contributed by atoms with Crippen molar-refractivity contribution in [1.82, 2.24) is 14.8 Å². The molecule has 0 bridgehead atoms. The molecule has 1 aromatic heterocycles. The number of methoxy groups -OCH3 is 1. The highest BCUT2D eigenvalue weighted by molar-refractivity contribution is 7.98. The predicted molar refractivity (Wildman–Crippen MR) is 158 cm³/mol. The molecule has 0 saturated heterocycles. The molecule has 39 heavy (non-hydrogen) atoms. The Hall–Kier alpha value is -3.75. The Kier molecular flexibility index (Phi) is 7.95. The molecule has 1 aliphatic heterocycles. The summed E-state index contributed by atoms with van der Waals surface area (Å²) in [5.41, 5.74) is 5.18. The van der Waals surface area contributed by atoms with Gasteiger partial charge in [0, 0.05) is 16.5 Å². The number of aromatic nitrogens is 3. The number of amides is 1. The summed E-state index contributed by atoms with van der Waals surface area (Å²) in [6, 6.07) is 23.0. The van der Waals surface area contributed by atoms with E-state index in [0.717, 1.165) is 16.8 Å². The van der Waals surface area contributed by atoms with Gasteiger partial charge in [0.1, 0.15) is 11.8 Å². The first-order valence-electron chi connectivity index (χ1n) is 12.7. The molecule has 5 rings (SSSR count). The largest absolute Gasteiger partial charge is 0.495 e. The van der Waals surface area contributed by atoms with E-state index in [9.17, 15) is 4.79 Å². The van der Waals surface area contributed by atoms with Gasteiger partial charge < -0.3 is 15.4 Å². The third kappa shape index (κ3) is 5.82. The summed E-state index contributed by atoms with van der Waals surface area (Å²) in [7, 11) is 1.58. The van der Waals surface area contributed by atoms with E-state index < -0.39 is 6.04 Å². The second-order valence-electron chi connectivity index (χ2n) is 9.62. The summed E-state index contributed by atoms with van der Waals surface area (Å²) in [5.74, 6) is 2.04. The Labute approximate surface area is 237 Å². The number of nitrogens with zero attached hydrogens (tertiary/aromatic N) is 3. The van der Waals surface area contributed by atoms with Crippen molar-refractivity contribution in [2.75, 3.05) is 17.7 Å². The molecule has 0 radical (unpaired) electrons. The van der Waals surface area contributed by atoms with E-state index in [1.54, 1.807) is 11.8 Å². The second-order valence-corrected chi connectivity index (χ2v) is 11.0. The van der Waals surface area contributed by atoms with Gasteiger partial charge in [0.15, 0.2) is 0 Å². The van der Waals surface area contributed by atoms with Crippen molar-refractivity contribution in [3.8, 4) is 5.75 Å². The molecular formula is C30H30ClN5O2S. The average molecular weight is 560 g/mol. The summed E-state index contributed by atoms with van der Waals surface area (Å²) in [6.07, 6.45) is 0. The standard InChI is InChI=1S/C30H30ClN5O2S/c1-18(2)21-11-13-22(14-12-21)27-26(28(37)33-24-7-5-6-8-25(24)38-4)19(3)32-29-34-30(35-36(27)29)39-17-20-9-15-23(31)16-10-20/h5-16,18,27H,17H2,1-4H3,(H,33,37)(H,32,34,35)/t27-/m1/s1. The minimum atomic E-state index is -0.463. The lowest BCUT2D eigenvalue weighted by Crippen LogP contribution is -2.31. The highest BCUT2D eigenvalue weighted by atomic mass is 35.5.